The molecule has 0 bridgehead atoms. The van der Waals surface area contributed by atoms with Gasteiger partial charge in [-0.25, -0.2) is 14.7 Å². The van der Waals surface area contributed by atoms with E-state index >= 15 is 0 Å². The van der Waals surface area contributed by atoms with E-state index < -0.39 is 19.1 Å². The molecule has 0 unspecified atom stereocenters. The van der Waals surface area contributed by atoms with Gasteiger partial charge in [0.15, 0.2) is 34.5 Å². The number of rotatable bonds is 0. The highest BCUT2D eigenvalue weighted by Gasteiger charge is 2.56. The summed E-state index contributed by atoms with van der Waals surface area (Å²) in [6.07, 6.45) is -2.01. The normalized spacial score (nSPS) is 22.6. The van der Waals surface area contributed by atoms with E-state index in [2.05, 4.69) is 116 Å². The fourth-order valence-corrected chi connectivity index (χ4v) is 7.77. The lowest BCUT2D eigenvalue weighted by Gasteiger charge is -2.59. The van der Waals surface area contributed by atoms with Crippen LogP contribution in [0.4, 0.5) is 0 Å². The number of benzene rings is 3. The maximum atomic E-state index is 11.7. The average Bonchev–Trinajstić information content (AvgIpc) is 2.99. The lowest BCUT2D eigenvalue weighted by molar-refractivity contribution is -0.341. The van der Waals surface area contributed by atoms with Crippen LogP contribution in [0.5, 0.6) is 34.5 Å². The zero-order chi connectivity index (χ0) is 35.0. The van der Waals surface area contributed by atoms with E-state index in [0.29, 0.717) is 36.9 Å². The highest BCUT2D eigenvalue weighted by molar-refractivity contribution is 5.60. The number of hydrogen-bond acceptors (Lipinski definition) is 9. The van der Waals surface area contributed by atoms with Crippen molar-refractivity contribution < 1.29 is 29.5 Å². The molecule has 0 aliphatic carbocycles. The van der Waals surface area contributed by atoms with Crippen molar-refractivity contribution >= 4 is 0 Å². The minimum absolute atomic E-state index is 0.154. The van der Waals surface area contributed by atoms with Crippen LogP contribution in [0, 0.1) is 20.8 Å². The van der Waals surface area contributed by atoms with Crippen molar-refractivity contribution in [3.63, 3.8) is 0 Å². The van der Waals surface area contributed by atoms with Gasteiger partial charge in [-0.3, -0.25) is 0 Å². The third-order valence-corrected chi connectivity index (χ3v) is 10.6. The first kappa shape index (κ1) is 32.9. The summed E-state index contributed by atoms with van der Waals surface area (Å²) >= 11 is 0. The Morgan fingerprint density at radius 2 is 0.708 bits per heavy atom. The number of aromatic hydroxyl groups is 3. The molecule has 4 aliphatic rings. The van der Waals surface area contributed by atoms with Crippen LogP contribution in [-0.2, 0) is 35.9 Å². The molecule has 9 heteroatoms. The Kier molecular flexibility index (Phi) is 7.14. The number of ether oxygens (including phenoxy) is 3. The van der Waals surface area contributed by atoms with Crippen LogP contribution in [0.15, 0.2) is 18.2 Å². The van der Waals surface area contributed by atoms with Crippen molar-refractivity contribution in [3.8, 4) is 34.5 Å². The summed E-state index contributed by atoms with van der Waals surface area (Å²) in [5.74, 6) is 1.90. The standard InChI is InChI=1S/C39H51N3O6/c1-19-13-25(37(4,5)6)28(43)31-22(19)16-40-34(46-31)41-17-23-20(2)14-27(39(10,11)12)30(45)33(23)48-36(41)42-18-24-21(3)15-26(38(7,8)9)29(44)32(24)47-35(40)42/h13-15,34-36,43-45H,16-18H2,1-12H3. The maximum Gasteiger partial charge on any atom is 0.220 e. The van der Waals surface area contributed by atoms with Crippen LogP contribution in [0.2, 0.25) is 0 Å². The van der Waals surface area contributed by atoms with E-state index in [1.807, 2.05) is 0 Å². The second-order valence-electron chi connectivity index (χ2n) is 17.3. The third-order valence-electron chi connectivity index (χ3n) is 10.6. The SMILES string of the molecule is Cc1cc(C(C)(C)C)c(O)c2c1CN1C(O2)N2Cc3c(C)cc(C(C)(C)C)c(O)c3OC2N2Cc3c(C)cc(C(C)(C)C)c(O)c3OC12. The molecule has 0 aromatic heterocycles. The summed E-state index contributed by atoms with van der Waals surface area (Å²) in [7, 11) is 0. The lowest BCUT2D eigenvalue weighted by Crippen LogP contribution is -2.76. The zero-order valence-electron chi connectivity index (χ0n) is 30.5. The van der Waals surface area contributed by atoms with Gasteiger partial charge in [-0.05, 0) is 53.7 Å². The molecular formula is C39H51N3O6. The molecule has 1 fully saturated rings. The quantitative estimate of drug-likeness (QED) is 0.228. The number of hydrogen-bond donors (Lipinski definition) is 3. The fourth-order valence-electron chi connectivity index (χ4n) is 7.77. The first-order chi connectivity index (χ1) is 22.2. The van der Waals surface area contributed by atoms with E-state index in [0.717, 1.165) is 50.1 Å². The van der Waals surface area contributed by atoms with Gasteiger partial charge in [-0.2, -0.15) is 0 Å². The molecule has 4 heterocycles. The molecule has 48 heavy (non-hydrogen) atoms. The number of phenolic OH excluding ortho intramolecular Hbond substituents is 3. The molecule has 1 saturated heterocycles. The Labute approximate surface area is 284 Å². The highest BCUT2D eigenvalue weighted by atomic mass is 16.6. The Bertz CT molecular complexity index is 1620. The van der Waals surface area contributed by atoms with Gasteiger partial charge in [-0.15, -0.1) is 0 Å². The van der Waals surface area contributed by atoms with Gasteiger partial charge in [0, 0.05) is 53.0 Å². The molecule has 0 saturated carbocycles. The first-order valence-electron chi connectivity index (χ1n) is 17.0. The van der Waals surface area contributed by atoms with Crippen molar-refractivity contribution in [2.45, 2.75) is 138 Å². The summed E-state index contributed by atoms with van der Waals surface area (Å²) in [4.78, 5) is 6.41. The second kappa shape index (κ2) is 10.4. The number of aryl methyl sites for hydroxylation is 3. The number of fused-ring (bicyclic) bond motifs is 9. The summed E-state index contributed by atoms with van der Waals surface area (Å²) in [5, 5.41) is 35.0. The van der Waals surface area contributed by atoms with Crippen LogP contribution >= 0.6 is 0 Å². The molecule has 4 aliphatic heterocycles. The van der Waals surface area contributed by atoms with Gasteiger partial charge >= 0.3 is 0 Å². The molecule has 258 valence electrons. The van der Waals surface area contributed by atoms with Crippen LogP contribution in [-0.4, -0.2) is 49.1 Å². The van der Waals surface area contributed by atoms with Crippen molar-refractivity contribution in [1.29, 1.82) is 0 Å². The predicted octanol–water partition coefficient (Wildman–Crippen LogP) is 7.47. The van der Waals surface area contributed by atoms with E-state index in [-0.39, 0.29) is 33.5 Å². The Hall–Kier alpha value is -3.66. The smallest absolute Gasteiger partial charge is 0.220 e. The van der Waals surface area contributed by atoms with Gasteiger partial charge in [0.05, 0.1) is 0 Å². The molecular weight excluding hydrogens is 606 g/mol. The van der Waals surface area contributed by atoms with Crippen molar-refractivity contribution in [2.24, 2.45) is 0 Å². The van der Waals surface area contributed by atoms with Crippen molar-refractivity contribution in [1.82, 2.24) is 14.7 Å². The van der Waals surface area contributed by atoms with Gasteiger partial charge < -0.3 is 29.5 Å². The van der Waals surface area contributed by atoms with E-state index in [4.69, 9.17) is 14.2 Å². The largest absolute Gasteiger partial charge is 0.504 e. The first-order valence-corrected chi connectivity index (χ1v) is 17.0. The molecule has 0 radical (unpaired) electrons. The van der Waals surface area contributed by atoms with Gasteiger partial charge in [0.2, 0.25) is 19.1 Å². The van der Waals surface area contributed by atoms with Crippen molar-refractivity contribution in [2.75, 3.05) is 0 Å². The van der Waals surface area contributed by atoms with Crippen LogP contribution < -0.4 is 14.2 Å². The van der Waals surface area contributed by atoms with Crippen molar-refractivity contribution in [3.05, 3.63) is 68.3 Å². The Balaban J connectivity index is 1.41. The molecule has 3 aromatic rings. The van der Waals surface area contributed by atoms with E-state index in [1.165, 1.54) is 0 Å². The summed E-state index contributed by atoms with van der Waals surface area (Å²) in [6.45, 7) is 26.3. The molecule has 0 atom stereocenters. The summed E-state index contributed by atoms with van der Waals surface area (Å²) < 4.78 is 20.6. The molecule has 3 N–H and O–H groups in total. The Morgan fingerprint density at radius 1 is 0.479 bits per heavy atom. The fraction of sp³-hybridized carbons (Fsp3) is 0.538. The minimum Gasteiger partial charge on any atom is -0.504 e. The van der Waals surface area contributed by atoms with E-state index in [1.54, 1.807) is 0 Å². The second-order valence-corrected chi connectivity index (χ2v) is 17.3. The van der Waals surface area contributed by atoms with Crippen LogP contribution in [0.3, 0.4) is 0 Å². The van der Waals surface area contributed by atoms with Crippen LogP contribution in [0.25, 0.3) is 0 Å². The predicted molar refractivity (Wildman–Crippen MR) is 185 cm³/mol. The molecule has 3 aromatic carbocycles. The molecule has 9 nitrogen and oxygen atoms in total. The van der Waals surface area contributed by atoms with Gasteiger partial charge in [0.1, 0.15) is 0 Å². The third kappa shape index (κ3) is 4.83. The van der Waals surface area contributed by atoms with E-state index in [9.17, 15) is 15.3 Å². The monoisotopic (exact) mass is 657 g/mol. The summed E-state index contributed by atoms with van der Waals surface area (Å²) in [6, 6.07) is 6.18. The average molecular weight is 658 g/mol. The molecule has 0 spiro atoms. The summed E-state index contributed by atoms with van der Waals surface area (Å²) in [5.41, 5.74) is 7.39. The molecule has 7 rings (SSSR count). The molecule has 0 amide bonds. The lowest BCUT2D eigenvalue weighted by atomic mass is 9.83. The van der Waals surface area contributed by atoms with Crippen LogP contribution in [0.1, 0.15) is 112 Å². The van der Waals surface area contributed by atoms with Gasteiger partial charge in [0.25, 0.3) is 0 Å². The highest BCUT2D eigenvalue weighted by Crippen LogP contribution is 2.53. The Morgan fingerprint density at radius 3 is 0.917 bits per heavy atom. The number of nitrogens with zero attached hydrogens (tertiary/aromatic N) is 3. The number of phenols is 3. The minimum atomic E-state index is -0.670. The van der Waals surface area contributed by atoms with Gasteiger partial charge in [-0.1, -0.05) is 80.5 Å². The maximum absolute atomic E-state index is 11.7. The topological polar surface area (TPSA) is 98.1 Å². The zero-order valence-corrected chi connectivity index (χ0v) is 30.5.